The Morgan fingerprint density at radius 2 is 2.00 bits per heavy atom. The van der Waals surface area contributed by atoms with E-state index < -0.39 is 10.0 Å². The number of anilines is 1. The van der Waals surface area contributed by atoms with E-state index in [2.05, 4.69) is 15.5 Å². The van der Waals surface area contributed by atoms with Crippen LogP contribution in [0.15, 0.2) is 29.2 Å². The van der Waals surface area contributed by atoms with Gasteiger partial charge in [0.15, 0.2) is 0 Å². The van der Waals surface area contributed by atoms with Crippen LogP contribution in [-0.2, 0) is 14.8 Å². The van der Waals surface area contributed by atoms with Gasteiger partial charge in [-0.3, -0.25) is 4.79 Å². The summed E-state index contributed by atoms with van der Waals surface area (Å²) in [7, 11) is -1.54. The lowest BCUT2D eigenvalue weighted by molar-refractivity contribution is -0.120. The lowest BCUT2D eigenvalue weighted by Crippen LogP contribution is -2.47. The number of carbonyl (C=O) groups excluding carboxylic acids is 1. The second-order valence-corrected chi connectivity index (χ2v) is 8.71. The molecule has 8 heteroatoms. The Balaban J connectivity index is 1.71. The molecule has 1 unspecified atom stereocenters. The van der Waals surface area contributed by atoms with Crippen LogP contribution < -0.4 is 10.6 Å². The summed E-state index contributed by atoms with van der Waals surface area (Å²) < 4.78 is 27.1. The molecule has 138 valence electrons. The van der Waals surface area contributed by atoms with Crippen LogP contribution >= 0.6 is 0 Å². The molecular formula is C17H26N4O3S. The van der Waals surface area contributed by atoms with Gasteiger partial charge in [-0.15, -0.1) is 0 Å². The molecule has 0 radical (unpaired) electrons. The van der Waals surface area contributed by atoms with Crippen LogP contribution in [0.5, 0.6) is 0 Å². The largest absolute Gasteiger partial charge is 0.326 e. The molecule has 0 bridgehead atoms. The SMILES string of the molecule is CN1CCN(S(=O)(=O)c2cccc(NC(=O)C3CCCNC3)c2)CC1. The Labute approximate surface area is 149 Å². The Hall–Kier alpha value is -1.48. The van der Waals surface area contributed by atoms with Gasteiger partial charge in [0.05, 0.1) is 10.8 Å². The quantitative estimate of drug-likeness (QED) is 0.814. The maximum Gasteiger partial charge on any atom is 0.243 e. The van der Waals surface area contributed by atoms with Crippen molar-refractivity contribution in [3.63, 3.8) is 0 Å². The second-order valence-electron chi connectivity index (χ2n) is 6.77. The minimum atomic E-state index is -3.53. The lowest BCUT2D eigenvalue weighted by atomic mass is 9.99. The van der Waals surface area contributed by atoms with E-state index >= 15 is 0 Å². The number of hydrogen-bond acceptors (Lipinski definition) is 5. The molecule has 2 heterocycles. The molecule has 2 N–H and O–H groups in total. The zero-order valence-corrected chi connectivity index (χ0v) is 15.4. The third-order valence-electron chi connectivity index (χ3n) is 4.87. The first-order chi connectivity index (χ1) is 12.0. The first-order valence-electron chi connectivity index (χ1n) is 8.77. The number of benzene rings is 1. The van der Waals surface area contributed by atoms with Gasteiger partial charge in [0, 0.05) is 38.4 Å². The van der Waals surface area contributed by atoms with Gasteiger partial charge >= 0.3 is 0 Å². The summed E-state index contributed by atoms with van der Waals surface area (Å²) >= 11 is 0. The molecule has 0 aromatic heterocycles. The number of rotatable bonds is 4. The van der Waals surface area contributed by atoms with E-state index in [1.807, 2.05) is 7.05 Å². The number of nitrogens with one attached hydrogen (secondary N) is 2. The lowest BCUT2D eigenvalue weighted by Gasteiger charge is -2.31. The fraction of sp³-hybridized carbons (Fsp3) is 0.588. The molecule has 1 amide bonds. The molecule has 1 aromatic rings. The number of piperazine rings is 1. The van der Waals surface area contributed by atoms with Gasteiger partial charge in [-0.2, -0.15) is 4.31 Å². The number of piperidine rings is 1. The molecule has 25 heavy (non-hydrogen) atoms. The summed E-state index contributed by atoms with van der Waals surface area (Å²) in [6.45, 7) is 4.05. The van der Waals surface area contributed by atoms with E-state index in [0.717, 1.165) is 32.5 Å². The molecular weight excluding hydrogens is 340 g/mol. The summed E-state index contributed by atoms with van der Waals surface area (Å²) in [4.78, 5) is 14.7. The van der Waals surface area contributed by atoms with Crippen molar-refractivity contribution in [1.29, 1.82) is 0 Å². The fourth-order valence-electron chi connectivity index (χ4n) is 3.23. The zero-order chi connectivity index (χ0) is 17.9. The van der Waals surface area contributed by atoms with Gasteiger partial charge in [-0.25, -0.2) is 8.42 Å². The molecule has 1 aromatic carbocycles. The summed E-state index contributed by atoms with van der Waals surface area (Å²) in [5.41, 5.74) is 0.533. The summed E-state index contributed by atoms with van der Waals surface area (Å²) in [5.74, 6) is -0.118. The standard InChI is InChI=1S/C17H26N4O3S/c1-20-8-10-21(11-9-20)25(23,24)16-6-2-5-15(12-16)19-17(22)14-4-3-7-18-13-14/h2,5-6,12,14,18H,3-4,7-11,13H2,1H3,(H,19,22). The van der Waals surface area contributed by atoms with Crippen molar-refractivity contribution in [2.75, 3.05) is 51.6 Å². The number of likely N-dealkylation sites (N-methyl/N-ethyl adjacent to an activating group) is 1. The van der Waals surface area contributed by atoms with E-state index in [1.54, 1.807) is 24.3 Å². The van der Waals surface area contributed by atoms with Gasteiger partial charge in [-0.05, 0) is 44.6 Å². The van der Waals surface area contributed by atoms with Crippen molar-refractivity contribution in [3.05, 3.63) is 24.3 Å². The van der Waals surface area contributed by atoms with Crippen LogP contribution in [0.1, 0.15) is 12.8 Å². The summed E-state index contributed by atoms with van der Waals surface area (Å²) in [5, 5.41) is 6.08. The summed E-state index contributed by atoms with van der Waals surface area (Å²) in [6, 6.07) is 6.56. The van der Waals surface area contributed by atoms with Crippen LogP contribution in [-0.4, -0.2) is 69.8 Å². The predicted molar refractivity (Wildman–Crippen MR) is 96.9 cm³/mol. The van der Waals surface area contributed by atoms with Gasteiger partial charge in [0.25, 0.3) is 0 Å². The highest BCUT2D eigenvalue weighted by Crippen LogP contribution is 2.22. The van der Waals surface area contributed by atoms with Crippen molar-refractivity contribution in [3.8, 4) is 0 Å². The van der Waals surface area contributed by atoms with Crippen LogP contribution in [0.25, 0.3) is 0 Å². The maximum atomic E-state index is 12.8. The first kappa shape index (κ1) is 18.3. The van der Waals surface area contributed by atoms with Gasteiger partial charge in [-0.1, -0.05) is 6.07 Å². The van der Waals surface area contributed by atoms with Gasteiger partial charge in [0.1, 0.15) is 0 Å². The van der Waals surface area contributed by atoms with Crippen molar-refractivity contribution >= 4 is 21.6 Å². The van der Waals surface area contributed by atoms with Crippen LogP contribution in [0, 0.1) is 5.92 Å². The monoisotopic (exact) mass is 366 g/mol. The molecule has 0 spiro atoms. The van der Waals surface area contributed by atoms with Crippen molar-refractivity contribution in [1.82, 2.24) is 14.5 Å². The minimum absolute atomic E-state index is 0.0543. The molecule has 2 aliphatic rings. The number of sulfonamides is 1. The first-order valence-corrected chi connectivity index (χ1v) is 10.2. The number of carbonyl (C=O) groups is 1. The maximum absolute atomic E-state index is 12.8. The van der Waals surface area contributed by atoms with Crippen molar-refractivity contribution in [2.24, 2.45) is 5.92 Å². The third kappa shape index (κ3) is 4.38. The Kier molecular flexibility index (Phi) is 5.73. The average Bonchev–Trinajstić information content (AvgIpc) is 2.63. The molecule has 2 aliphatic heterocycles. The molecule has 0 saturated carbocycles. The minimum Gasteiger partial charge on any atom is -0.326 e. The molecule has 3 rings (SSSR count). The number of nitrogens with zero attached hydrogens (tertiary/aromatic N) is 2. The summed E-state index contributed by atoms with van der Waals surface area (Å²) in [6.07, 6.45) is 1.84. The van der Waals surface area contributed by atoms with Crippen molar-refractivity contribution < 1.29 is 13.2 Å². The highest BCUT2D eigenvalue weighted by molar-refractivity contribution is 7.89. The third-order valence-corrected chi connectivity index (χ3v) is 6.76. The Morgan fingerprint density at radius 3 is 2.68 bits per heavy atom. The zero-order valence-electron chi connectivity index (χ0n) is 14.6. The Morgan fingerprint density at radius 1 is 1.24 bits per heavy atom. The van der Waals surface area contributed by atoms with E-state index in [0.29, 0.717) is 25.3 Å². The normalized spacial score (nSPS) is 23.3. The second kappa shape index (κ2) is 7.82. The number of hydrogen-bond donors (Lipinski definition) is 2. The Bertz CT molecular complexity index is 708. The fourth-order valence-corrected chi connectivity index (χ4v) is 4.70. The average molecular weight is 366 g/mol. The molecule has 2 fully saturated rings. The van der Waals surface area contributed by atoms with Crippen LogP contribution in [0.3, 0.4) is 0 Å². The highest BCUT2D eigenvalue weighted by atomic mass is 32.2. The van der Waals surface area contributed by atoms with Gasteiger partial charge in [0.2, 0.25) is 15.9 Å². The number of amides is 1. The molecule has 1 atom stereocenters. The molecule has 2 saturated heterocycles. The van der Waals surface area contributed by atoms with E-state index in [9.17, 15) is 13.2 Å². The van der Waals surface area contributed by atoms with Crippen molar-refractivity contribution in [2.45, 2.75) is 17.7 Å². The topological polar surface area (TPSA) is 81.8 Å². The van der Waals surface area contributed by atoms with E-state index in [-0.39, 0.29) is 16.7 Å². The van der Waals surface area contributed by atoms with E-state index in [4.69, 9.17) is 0 Å². The van der Waals surface area contributed by atoms with Gasteiger partial charge < -0.3 is 15.5 Å². The molecule has 7 nitrogen and oxygen atoms in total. The predicted octanol–water partition coefficient (Wildman–Crippen LogP) is 0.561. The highest BCUT2D eigenvalue weighted by Gasteiger charge is 2.28. The molecule has 0 aliphatic carbocycles. The van der Waals surface area contributed by atoms with E-state index in [1.165, 1.54) is 4.31 Å². The smallest absolute Gasteiger partial charge is 0.243 e. The van der Waals surface area contributed by atoms with Crippen LogP contribution in [0.2, 0.25) is 0 Å². The van der Waals surface area contributed by atoms with Crippen LogP contribution in [0.4, 0.5) is 5.69 Å².